The molecule has 8 heteroatoms. The van der Waals surface area contributed by atoms with Gasteiger partial charge in [0.1, 0.15) is 4.21 Å². The number of sulfonamides is 1. The van der Waals surface area contributed by atoms with Gasteiger partial charge in [0.05, 0.1) is 6.54 Å². The highest BCUT2D eigenvalue weighted by Crippen LogP contribution is 2.20. The van der Waals surface area contributed by atoms with Crippen molar-refractivity contribution in [1.29, 1.82) is 0 Å². The first-order valence-electron chi connectivity index (χ1n) is 5.93. The topological polar surface area (TPSA) is 89.3 Å². The van der Waals surface area contributed by atoms with E-state index in [9.17, 15) is 13.2 Å². The molecule has 0 atom stereocenters. The van der Waals surface area contributed by atoms with Gasteiger partial charge in [0.15, 0.2) is 0 Å². The molecule has 2 rings (SSSR count). The zero-order valence-electron chi connectivity index (χ0n) is 11.1. The van der Waals surface area contributed by atoms with Gasteiger partial charge in [-0.15, -0.1) is 11.3 Å². The summed E-state index contributed by atoms with van der Waals surface area (Å²) in [6, 6.07) is 8.53. The Morgan fingerprint density at radius 2 is 2.05 bits per heavy atom. The average Bonchev–Trinajstić information content (AvgIpc) is 2.87. The maximum absolute atomic E-state index is 12.1. The molecule has 0 spiro atoms. The lowest BCUT2D eigenvalue weighted by molar-refractivity contribution is 0.0950. The Morgan fingerprint density at radius 1 is 1.33 bits per heavy atom. The van der Waals surface area contributed by atoms with E-state index >= 15 is 0 Å². The van der Waals surface area contributed by atoms with Crippen LogP contribution in [0.1, 0.15) is 20.8 Å². The lowest BCUT2D eigenvalue weighted by Crippen LogP contribution is -2.23. The monoisotopic (exact) mass is 388 g/mol. The molecule has 0 unspecified atom stereocenters. The molecular formula is C13H13BrN2O3S2. The second kappa shape index (κ2) is 6.27. The van der Waals surface area contributed by atoms with E-state index in [-0.39, 0.29) is 16.7 Å². The number of nitrogens with two attached hydrogens (primary N) is 1. The number of hydrogen-bond acceptors (Lipinski definition) is 4. The van der Waals surface area contributed by atoms with Crippen molar-refractivity contribution in [3.05, 3.63) is 50.8 Å². The summed E-state index contributed by atoms with van der Waals surface area (Å²) < 4.78 is 23.3. The summed E-state index contributed by atoms with van der Waals surface area (Å²) in [5, 5.41) is 7.81. The molecule has 1 aromatic carbocycles. The normalized spacial score (nSPS) is 11.4. The van der Waals surface area contributed by atoms with Gasteiger partial charge in [0.25, 0.3) is 5.91 Å². The highest BCUT2D eigenvalue weighted by Gasteiger charge is 2.13. The predicted octanol–water partition coefficient (Wildman–Crippen LogP) is 2.40. The molecule has 0 fully saturated rings. The summed E-state index contributed by atoms with van der Waals surface area (Å²) in [6.07, 6.45) is 0. The van der Waals surface area contributed by atoms with Crippen molar-refractivity contribution < 1.29 is 13.2 Å². The Balaban J connectivity index is 2.08. The van der Waals surface area contributed by atoms with E-state index in [1.165, 1.54) is 6.07 Å². The van der Waals surface area contributed by atoms with Crippen molar-refractivity contribution in [3.8, 4) is 0 Å². The number of halogens is 1. The van der Waals surface area contributed by atoms with E-state index in [0.29, 0.717) is 5.56 Å². The van der Waals surface area contributed by atoms with Gasteiger partial charge in [-0.2, -0.15) is 0 Å². The molecule has 112 valence electrons. The van der Waals surface area contributed by atoms with E-state index in [2.05, 4.69) is 21.2 Å². The van der Waals surface area contributed by atoms with Gasteiger partial charge in [-0.1, -0.05) is 22.0 Å². The minimum atomic E-state index is -3.69. The molecule has 3 N–H and O–H groups in total. The maximum Gasteiger partial charge on any atom is 0.251 e. The number of carbonyl (C=O) groups is 1. The van der Waals surface area contributed by atoms with Crippen LogP contribution in [0.2, 0.25) is 0 Å². The van der Waals surface area contributed by atoms with Crippen LogP contribution >= 0.6 is 27.3 Å². The quantitative estimate of drug-likeness (QED) is 0.842. The van der Waals surface area contributed by atoms with E-state index < -0.39 is 10.0 Å². The standard InChI is InChI=1S/C13H13BrN2O3S2/c1-8-2-3-9(14)6-11(8)13(17)16-7-10-4-5-12(20-10)21(15,18)19/h2-6H,7H2,1H3,(H,16,17)(H2,15,18,19). The number of carbonyl (C=O) groups excluding carboxylic acids is 1. The van der Waals surface area contributed by atoms with Gasteiger partial charge in [-0.25, -0.2) is 13.6 Å². The van der Waals surface area contributed by atoms with Crippen molar-refractivity contribution >= 4 is 43.2 Å². The Kier molecular flexibility index (Phi) is 4.82. The Labute approximate surface area is 135 Å². The largest absolute Gasteiger partial charge is 0.347 e. The van der Waals surface area contributed by atoms with Gasteiger partial charge in [-0.05, 0) is 36.8 Å². The highest BCUT2D eigenvalue weighted by atomic mass is 79.9. The first-order valence-corrected chi connectivity index (χ1v) is 9.09. The number of nitrogens with one attached hydrogen (secondary N) is 1. The van der Waals surface area contributed by atoms with Crippen LogP contribution in [0.25, 0.3) is 0 Å². The number of primary sulfonamides is 1. The SMILES string of the molecule is Cc1ccc(Br)cc1C(=O)NCc1ccc(S(N)(=O)=O)s1. The van der Waals surface area contributed by atoms with Crippen molar-refractivity contribution in [2.75, 3.05) is 0 Å². The van der Waals surface area contributed by atoms with E-state index in [1.54, 1.807) is 12.1 Å². The fourth-order valence-corrected chi connectivity index (χ4v) is 3.79. The zero-order chi connectivity index (χ0) is 15.6. The molecule has 21 heavy (non-hydrogen) atoms. The smallest absolute Gasteiger partial charge is 0.251 e. The van der Waals surface area contributed by atoms with Crippen LogP contribution in [0.3, 0.4) is 0 Å². The third-order valence-electron chi connectivity index (χ3n) is 2.78. The Morgan fingerprint density at radius 3 is 2.67 bits per heavy atom. The molecule has 0 radical (unpaired) electrons. The van der Waals surface area contributed by atoms with Crippen molar-refractivity contribution in [1.82, 2.24) is 5.32 Å². The number of amides is 1. The molecule has 0 aliphatic rings. The van der Waals surface area contributed by atoms with Crippen molar-refractivity contribution in [2.24, 2.45) is 5.14 Å². The summed E-state index contributed by atoms with van der Waals surface area (Å²) in [5.41, 5.74) is 1.44. The molecule has 0 bridgehead atoms. The van der Waals surface area contributed by atoms with Crippen LogP contribution in [0.4, 0.5) is 0 Å². The van der Waals surface area contributed by atoms with Crippen LogP contribution in [-0.4, -0.2) is 14.3 Å². The number of benzene rings is 1. The fourth-order valence-electron chi connectivity index (χ4n) is 1.71. The van der Waals surface area contributed by atoms with Crippen LogP contribution in [-0.2, 0) is 16.6 Å². The van der Waals surface area contributed by atoms with Crippen LogP contribution < -0.4 is 10.5 Å². The number of hydrogen-bond donors (Lipinski definition) is 2. The van der Waals surface area contributed by atoms with Gasteiger partial charge in [0, 0.05) is 14.9 Å². The predicted molar refractivity (Wildman–Crippen MR) is 85.7 cm³/mol. The number of thiophene rings is 1. The van der Waals surface area contributed by atoms with Crippen molar-refractivity contribution in [3.63, 3.8) is 0 Å². The molecule has 2 aromatic rings. The third-order valence-corrected chi connectivity index (χ3v) is 5.80. The molecular weight excluding hydrogens is 376 g/mol. The lowest BCUT2D eigenvalue weighted by atomic mass is 10.1. The van der Waals surface area contributed by atoms with Gasteiger partial charge >= 0.3 is 0 Å². The molecule has 0 aliphatic heterocycles. The minimum Gasteiger partial charge on any atom is -0.347 e. The van der Waals surface area contributed by atoms with Crippen LogP contribution in [0.5, 0.6) is 0 Å². The Bertz CT molecular complexity index is 784. The Hall–Kier alpha value is -1.22. The molecule has 5 nitrogen and oxygen atoms in total. The lowest BCUT2D eigenvalue weighted by Gasteiger charge is -2.07. The second-order valence-corrected chi connectivity index (χ2v) is 8.28. The molecule has 0 aliphatic carbocycles. The summed E-state index contributed by atoms with van der Waals surface area (Å²) in [4.78, 5) is 12.8. The van der Waals surface area contributed by atoms with E-state index in [4.69, 9.17) is 5.14 Å². The third kappa shape index (κ3) is 4.13. The van der Waals surface area contributed by atoms with E-state index in [0.717, 1.165) is 26.3 Å². The van der Waals surface area contributed by atoms with Gasteiger partial charge in [-0.3, -0.25) is 4.79 Å². The molecule has 0 saturated carbocycles. The molecule has 1 aromatic heterocycles. The summed E-state index contributed by atoms with van der Waals surface area (Å²) in [7, 11) is -3.69. The van der Waals surface area contributed by atoms with Crippen molar-refractivity contribution in [2.45, 2.75) is 17.7 Å². The average molecular weight is 389 g/mol. The van der Waals surface area contributed by atoms with E-state index in [1.807, 2.05) is 19.1 Å². The van der Waals surface area contributed by atoms with Gasteiger partial charge in [0.2, 0.25) is 10.0 Å². The number of rotatable bonds is 4. The van der Waals surface area contributed by atoms with Crippen LogP contribution in [0, 0.1) is 6.92 Å². The molecule has 1 heterocycles. The second-order valence-electron chi connectivity index (χ2n) is 4.41. The summed E-state index contributed by atoms with van der Waals surface area (Å²) in [5.74, 6) is -0.209. The fraction of sp³-hybridized carbons (Fsp3) is 0.154. The molecule has 0 saturated heterocycles. The van der Waals surface area contributed by atoms with Gasteiger partial charge < -0.3 is 5.32 Å². The molecule has 1 amide bonds. The highest BCUT2D eigenvalue weighted by molar-refractivity contribution is 9.10. The summed E-state index contributed by atoms with van der Waals surface area (Å²) in [6.45, 7) is 2.11. The minimum absolute atomic E-state index is 0.0883. The summed E-state index contributed by atoms with van der Waals surface area (Å²) >= 11 is 4.37. The first-order chi connectivity index (χ1) is 9.77. The maximum atomic E-state index is 12.1. The first kappa shape index (κ1) is 16.2. The number of aryl methyl sites for hydroxylation is 1. The van der Waals surface area contributed by atoms with Crippen LogP contribution in [0.15, 0.2) is 39.0 Å². The zero-order valence-corrected chi connectivity index (χ0v) is 14.3.